The number of para-hydroxylation sites is 1. The summed E-state index contributed by atoms with van der Waals surface area (Å²) in [6.45, 7) is 3.85. The molecule has 0 bridgehead atoms. The highest BCUT2D eigenvalue weighted by molar-refractivity contribution is 8.04. The van der Waals surface area contributed by atoms with Crippen LogP contribution in [0.5, 0.6) is 11.5 Å². The molecule has 25 heavy (non-hydrogen) atoms. The van der Waals surface area contributed by atoms with Gasteiger partial charge in [-0.1, -0.05) is 35.5 Å². The quantitative estimate of drug-likeness (QED) is 0.744. The van der Waals surface area contributed by atoms with E-state index in [4.69, 9.17) is 21.1 Å². The maximum Gasteiger partial charge on any atom is 0.262 e. The molecule has 0 saturated heterocycles. The summed E-state index contributed by atoms with van der Waals surface area (Å²) in [5.41, 5.74) is 1.60. The van der Waals surface area contributed by atoms with E-state index in [0.29, 0.717) is 21.4 Å². The molecule has 1 aliphatic rings. The second-order valence-corrected chi connectivity index (χ2v) is 7.25. The lowest BCUT2D eigenvalue weighted by Gasteiger charge is -2.19. The summed E-state index contributed by atoms with van der Waals surface area (Å²) in [5, 5.41) is 3.34. The van der Waals surface area contributed by atoms with Gasteiger partial charge < -0.3 is 14.8 Å². The Bertz CT molecular complexity index is 849. The van der Waals surface area contributed by atoms with Gasteiger partial charge in [0.25, 0.3) is 5.91 Å². The smallest absolute Gasteiger partial charge is 0.262 e. The highest BCUT2D eigenvalue weighted by Gasteiger charge is 2.21. The molecule has 0 fully saturated rings. The third-order valence-electron chi connectivity index (χ3n) is 3.48. The number of ether oxygens (including phenoxy) is 2. The van der Waals surface area contributed by atoms with Crippen LogP contribution in [0.4, 0.5) is 5.69 Å². The van der Waals surface area contributed by atoms with Gasteiger partial charge in [0.05, 0.1) is 28.8 Å². The Morgan fingerprint density at radius 3 is 2.72 bits per heavy atom. The van der Waals surface area contributed by atoms with Crippen LogP contribution in [0.25, 0.3) is 6.08 Å². The zero-order chi connectivity index (χ0) is 18.0. The molecule has 1 amide bonds. The SMILES string of the molecule is COc1cc(/C=C2\Sc3ccccc3NC2=O)cc(Cl)c1OC(C)C. The minimum atomic E-state index is -0.138. The number of thioether (sulfide) groups is 1. The summed E-state index contributed by atoms with van der Waals surface area (Å²) in [6, 6.07) is 11.3. The first-order chi connectivity index (χ1) is 12.0. The molecule has 0 spiro atoms. The predicted octanol–water partition coefficient (Wildman–Crippen LogP) is 5.22. The molecule has 0 atom stereocenters. The van der Waals surface area contributed by atoms with Crippen LogP contribution in [0.15, 0.2) is 46.2 Å². The summed E-state index contributed by atoms with van der Waals surface area (Å²) in [4.78, 5) is 13.9. The van der Waals surface area contributed by atoms with Gasteiger partial charge in [0, 0.05) is 4.90 Å². The van der Waals surface area contributed by atoms with Gasteiger partial charge in [-0.2, -0.15) is 0 Å². The first-order valence-electron chi connectivity index (χ1n) is 7.82. The maximum atomic E-state index is 12.3. The van der Waals surface area contributed by atoms with Crippen LogP contribution in [0.2, 0.25) is 5.02 Å². The molecule has 0 saturated carbocycles. The van der Waals surface area contributed by atoms with Crippen molar-refractivity contribution in [2.45, 2.75) is 24.8 Å². The molecule has 2 aromatic rings. The Morgan fingerprint density at radius 1 is 1.24 bits per heavy atom. The van der Waals surface area contributed by atoms with Gasteiger partial charge >= 0.3 is 0 Å². The Morgan fingerprint density at radius 2 is 2.00 bits per heavy atom. The highest BCUT2D eigenvalue weighted by Crippen LogP contribution is 2.41. The van der Waals surface area contributed by atoms with Crippen LogP contribution in [-0.4, -0.2) is 19.1 Å². The molecule has 0 unspecified atom stereocenters. The van der Waals surface area contributed by atoms with Gasteiger partial charge in [0.1, 0.15) is 0 Å². The van der Waals surface area contributed by atoms with Gasteiger partial charge in [-0.15, -0.1) is 0 Å². The zero-order valence-corrected chi connectivity index (χ0v) is 15.7. The van der Waals surface area contributed by atoms with Crippen LogP contribution < -0.4 is 14.8 Å². The average Bonchev–Trinajstić information content (AvgIpc) is 2.57. The lowest BCUT2D eigenvalue weighted by Crippen LogP contribution is -2.17. The minimum absolute atomic E-state index is 0.0215. The number of halogens is 1. The van der Waals surface area contributed by atoms with Crippen molar-refractivity contribution < 1.29 is 14.3 Å². The summed E-state index contributed by atoms with van der Waals surface area (Å²) in [7, 11) is 1.56. The minimum Gasteiger partial charge on any atom is -0.493 e. The third-order valence-corrected chi connectivity index (χ3v) is 4.86. The van der Waals surface area contributed by atoms with Crippen LogP contribution >= 0.6 is 23.4 Å². The molecule has 130 valence electrons. The molecule has 6 heteroatoms. The Kier molecular flexibility index (Phi) is 5.25. The number of carbonyl (C=O) groups is 1. The van der Waals surface area contributed by atoms with E-state index in [0.717, 1.165) is 16.1 Å². The van der Waals surface area contributed by atoms with E-state index in [2.05, 4.69) is 5.32 Å². The second kappa shape index (κ2) is 7.42. The van der Waals surface area contributed by atoms with Crippen LogP contribution in [0.1, 0.15) is 19.4 Å². The topological polar surface area (TPSA) is 47.6 Å². The Hall–Kier alpha value is -2.11. The van der Waals surface area contributed by atoms with E-state index < -0.39 is 0 Å². The summed E-state index contributed by atoms with van der Waals surface area (Å²) in [6.07, 6.45) is 1.77. The van der Waals surface area contributed by atoms with E-state index >= 15 is 0 Å². The Labute approximate surface area is 156 Å². The molecule has 1 N–H and O–H groups in total. The number of amides is 1. The number of methoxy groups -OCH3 is 1. The normalized spacial score (nSPS) is 15.1. The number of hydrogen-bond acceptors (Lipinski definition) is 4. The van der Waals surface area contributed by atoms with Crippen molar-refractivity contribution in [3.63, 3.8) is 0 Å². The largest absolute Gasteiger partial charge is 0.493 e. The van der Waals surface area contributed by atoms with Crippen molar-refractivity contribution in [1.29, 1.82) is 0 Å². The third kappa shape index (κ3) is 3.94. The fourth-order valence-corrected chi connectivity index (χ4v) is 3.64. The van der Waals surface area contributed by atoms with Crippen LogP contribution in [0.3, 0.4) is 0 Å². The van der Waals surface area contributed by atoms with E-state index in [1.807, 2.05) is 44.2 Å². The fourth-order valence-electron chi connectivity index (χ4n) is 2.43. The van der Waals surface area contributed by atoms with Crippen molar-refractivity contribution in [2.24, 2.45) is 0 Å². The van der Waals surface area contributed by atoms with E-state index in [-0.39, 0.29) is 12.0 Å². The number of hydrogen-bond donors (Lipinski definition) is 1. The number of anilines is 1. The predicted molar refractivity (Wildman–Crippen MR) is 103 cm³/mol. The number of benzene rings is 2. The molecule has 4 nitrogen and oxygen atoms in total. The van der Waals surface area contributed by atoms with Crippen molar-refractivity contribution in [1.82, 2.24) is 0 Å². The maximum absolute atomic E-state index is 12.3. The van der Waals surface area contributed by atoms with Crippen molar-refractivity contribution >= 4 is 41.0 Å². The van der Waals surface area contributed by atoms with Gasteiger partial charge in [-0.25, -0.2) is 0 Å². The van der Waals surface area contributed by atoms with E-state index in [1.54, 1.807) is 19.3 Å². The number of fused-ring (bicyclic) bond motifs is 1. The molecule has 1 aliphatic heterocycles. The highest BCUT2D eigenvalue weighted by atomic mass is 35.5. The Balaban J connectivity index is 1.96. The van der Waals surface area contributed by atoms with Gasteiger partial charge in [-0.3, -0.25) is 4.79 Å². The molecule has 3 rings (SSSR count). The monoisotopic (exact) mass is 375 g/mol. The number of carbonyl (C=O) groups excluding carboxylic acids is 1. The molecule has 0 aromatic heterocycles. The van der Waals surface area contributed by atoms with Crippen LogP contribution in [-0.2, 0) is 4.79 Å². The van der Waals surface area contributed by atoms with Crippen molar-refractivity contribution in [3.05, 3.63) is 51.9 Å². The van der Waals surface area contributed by atoms with Crippen molar-refractivity contribution in [3.8, 4) is 11.5 Å². The van der Waals surface area contributed by atoms with Crippen molar-refractivity contribution in [2.75, 3.05) is 12.4 Å². The molecule has 0 radical (unpaired) electrons. The summed E-state index contributed by atoms with van der Waals surface area (Å²) in [5.74, 6) is 0.906. The van der Waals surface area contributed by atoms with Gasteiger partial charge in [-0.05, 0) is 49.8 Å². The van der Waals surface area contributed by atoms with E-state index in [9.17, 15) is 4.79 Å². The first kappa shape index (κ1) is 17.7. The molecule has 1 heterocycles. The zero-order valence-electron chi connectivity index (χ0n) is 14.1. The average molecular weight is 376 g/mol. The fraction of sp³-hybridized carbons (Fsp3) is 0.211. The lowest BCUT2D eigenvalue weighted by atomic mass is 10.1. The van der Waals surface area contributed by atoms with Gasteiger partial charge in [0.2, 0.25) is 0 Å². The molecular formula is C19H18ClNO3S. The van der Waals surface area contributed by atoms with E-state index in [1.165, 1.54) is 11.8 Å². The number of nitrogens with one attached hydrogen (secondary N) is 1. The molecule has 2 aromatic carbocycles. The molecule has 0 aliphatic carbocycles. The van der Waals surface area contributed by atoms with Crippen LogP contribution in [0, 0.1) is 0 Å². The second-order valence-electron chi connectivity index (χ2n) is 5.76. The lowest BCUT2D eigenvalue weighted by molar-refractivity contribution is -0.112. The standard InChI is InChI=1S/C19H18ClNO3S/c1-11(2)24-18-13(20)8-12(9-15(18)23-3)10-17-19(22)21-14-6-4-5-7-16(14)25-17/h4-11H,1-3H3,(H,21,22)/b17-10-. The van der Waals surface area contributed by atoms with Gasteiger partial charge in [0.15, 0.2) is 11.5 Å². The summed E-state index contributed by atoms with van der Waals surface area (Å²) >= 11 is 7.78. The first-order valence-corrected chi connectivity index (χ1v) is 9.01. The molecular weight excluding hydrogens is 358 g/mol. The number of rotatable bonds is 4. The summed E-state index contributed by atoms with van der Waals surface area (Å²) < 4.78 is 11.1.